The summed E-state index contributed by atoms with van der Waals surface area (Å²) in [7, 11) is 0. The van der Waals surface area contributed by atoms with Crippen molar-refractivity contribution in [3.05, 3.63) is 62.1 Å². The molecule has 1 aliphatic rings. The Morgan fingerprint density at radius 3 is 2.85 bits per heavy atom. The summed E-state index contributed by atoms with van der Waals surface area (Å²) in [5, 5.41) is 0.600. The van der Waals surface area contributed by atoms with Crippen LogP contribution < -0.4 is 4.74 Å². The molecule has 0 saturated heterocycles. The molecule has 1 aliphatic heterocycles. The minimum Gasteiger partial charge on any atom is -0.492 e. The maximum absolute atomic E-state index is 12.7. The van der Waals surface area contributed by atoms with E-state index in [9.17, 15) is 4.79 Å². The summed E-state index contributed by atoms with van der Waals surface area (Å²) >= 11 is 9.55. The highest BCUT2D eigenvalue weighted by molar-refractivity contribution is 9.10. The van der Waals surface area contributed by atoms with Crippen LogP contribution in [0.3, 0.4) is 0 Å². The van der Waals surface area contributed by atoms with E-state index in [-0.39, 0.29) is 5.78 Å². The van der Waals surface area contributed by atoms with Gasteiger partial charge in [-0.15, -0.1) is 0 Å². The highest BCUT2D eigenvalue weighted by atomic mass is 79.9. The SMILES string of the molecule is Cc1ccc(C(=O)c2cc(Br)cc3c2OCC3)cc1Cl. The number of hydrogen-bond donors (Lipinski definition) is 0. The molecule has 0 radical (unpaired) electrons. The zero-order valence-electron chi connectivity index (χ0n) is 10.9. The molecule has 0 bridgehead atoms. The van der Waals surface area contributed by atoms with E-state index < -0.39 is 0 Å². The number of aryl methyl sites for hydroxylation is 1. The van der Waals surface area contributed by atoms with Crippen LogP contribution in [-0.4, -0.2) is 12.4 Å². The molecule has 2 nitrogen and oxygen atoms in total. The normalized spacial score (nSPS) is 12.9. The Balaban J connectivity index is 2.09. The van der Waals surface area contributed by atoms with E-state index in [1.54, 1.807) is 18.2 Å². The van der Waals surface area contributed by atoms with Gasteiger partial charge in [-0.2, -0.15) is 0 Å². The van der Waals surface area contributed by atoms with Crippen LogP contribution in [0.2, 0.25) is 5.02 Å². The van der Waals surface area contributed by atoms with Crippen molar-refractivity contribution in [2.75, 3.05) is 6.61 Å². The molecule has 0 atom stereocenters. The fourth-order valence-electron chi connectivity index (χ4n) is 2.33. The summed E-state index contributed by atoms with van der Waals surface area (Å²) < 4.78 is 6.50. The first-order valence-electron chi connectivity index (χ1n) is 6.32. The van der Waals surface area contributed by atoms with Gasteiger partial charge >= 0.3 is 0 Å². The molecule has 1 heterocycles. The Kier molecular flexibility index (Phi) is 3.57. The Morgan fingerprint density at radius 2 is 2.10 bits per heavy atom. The quantitative estimate of drug-likeness (QED) is 0.741. The van der Waals surface area contributed by atoms with Gasteiger partial charge in [-0.3, -0.25) is 4.79 Å². The van der Waals surface area contributed by atoms with Crippen LogP contribution in [0.25, 0.3) is 0 Å². The number of carbonyl (C=O) groups is 1. The van der Waals surface area contributed by atoms with Crippen molar-refractivity contribution in [3.63, 3.8) is 0 Å². The van der Waals surface area contributed by atoms with Crippen LogP contribution in [0.5, 0.6) is 5.75 Å². The predicted molar refractivity (Wildman–Crippen MR) is 83.0 cm³/mol. The van der Waals surface area contributed by atoms with E-state index in [4.69, 9.17) is 16.3 Å². The molecule has 2 aromatic carbocycles. The molecular formula is C16H12BrClO2. The number of ketones is 1. The van der Waals surface area contributed by atoms with E-state index in [0.29, 0.717) is 28.5 Å². The van der Waals surface area contributed by atoms with E-state index >= 15 is 0 Å². The Labute approximate surface area is 130 Å². The maximum Gasteiger partial charge on any atom is 0.196 e. The number of ether oxygens (including phenoxy) is 1. The topological polar surface area (TPSA) is 26.3 Å². The zero-order valence-corrected chi connectivity index (χ0v) is 13.2. The summed E-state index contributed by atoms with van der Waals surface area (Å²) in [6.45, 7) is 2.54. The van der Waals surface area contributed by atoms with Crippen molar-refractivity contribution >= 4 is 33.3 Å². The first-order chi connectivity index (χ1) is 9.56. The summed E-state index contributed by atoms with van der Waals surface area (Å²) in [5.74, 6) is 0.640. The van der Waals surface area contributed by atoms with Crippen LogP contribution >= 0.6 is 27.5 Å². The summed E-state index contributed by atoms with van der Waals surface area (Å²) in [5.41, 5.74) is 3.20. The second-order valence-electron chi connectivity index (χ2n) is 4.83. The van der Waals surface area contributed by atoms with Gasteiger partial charge in [-0.05, 0) is 36.2 Å². The largest absolute Gasteiger partial charge is 0.492 e. The lowest BCUT2D eigenvalue weighted by Gasteiger charge is -2.09. The molecule has 0 aliphatic carbocycles. The first kappa shape index (κ1) is 13.7. The van der Waals surface area contributed by atoms with Crippen LogP contribution in [0.4, 0.5) is 0 Å². The predicted octanol–water partition coefficient (Wildman–Crippen LogP) is 4.58. The van der Waals surface area contributed by atoms with Crippen LogP contribution in [0, 0.1) is 6.92 Å². The Bertz CT molecular complexity index is 710. The van der Waals surface area contributed by atoms with Gasteiger partial charge in [-0.25, -0.2) is 0 Å². The van der Waals surface area contributed by atoms with Gasteiger partial charge in [0.1, 0.15) is 5.75 Å². The molecular weight excluding hydrogens is 340 g/mol. The lowest BCUT2D eigenvalue weighted by molar-refractivity contribution is 0.103. The van der Waals surface area contributed by atoms with Gasteiger partial charge < -0.3 is 4.74 Å². The van der Waals surface area contributed by atoms with Crippen molar-refractivity contribution in [2.24, 2.45) is 0 Å². The van der Waals surface area contributed by atoms with E-state index in [1.165, 1.54) is 0 Å². The molecule has 0 amide bonds. The molecule has 4 heteroatoms. The number of halogens is 2. The fraction of sp³-hybridized carbons (Fsp3) is 0.188. The van der Waals surface area contributed by atoms with E-state index in [0.717, 1.165) is 22.0 Å². The van der Waals surface area contributed by atoms with Gasteiger partial charge in [0.25, 0.3) is 0 Å². The highest BCUT2D eigenvalue weighted by Crippen LogP contribution is 2.34. The maximum atomic E-state index is 12.7. The first-order valence-corrected chi connectivity index (χ1v) is 7.49. The second kappa shape index (κ2) is 5.23. The van der Waals surface area contributed by atoms with E-state index in [2.05, 4.69) is 15.9 Å². The molecule has 0 fully saturated rings. The molecule has 0 unspecified atom stereocenters. The van der Waals surface area contributed by atoms with Crippen molar-refractivity contribution in [2.45, 2.75) is 13.3 Å². The average Bonchev–Trinajstić information content (AvgIpc) is 2.88. The molecule has 0 aromatic heterocycles. The van der Waals surface area contributed by atoms with Crippen LogP contribution in [-0.2, 0) is 6.42 Å². The minimum atomic E-state index is -0.0636. The van der Waals surface area contributed by atoms with Crippen molar-refractivity contribution in [3.8, 4) is 5.75 Å². The third-order valence-electron chi connectivity index (χ3n) is 3.43. The number of carbonyl (C=O) groups excluding carboxylic acids is 1. The minimum absolute atomic E-state index is 0.0636. The molecule has 0 saturated carbocycles. The lowest BCUT2D eigenvalue weighted by atomic mass is 9.99. The summed E-state index contributed by atoms with van der Waals surface area (Å²) in [6.07, 6.45) is 0.837. The molecule has 2 aromatic rings. The fourth-order valence-corrected chi connectivity index (χ4v) is 3.01. The number of fused-ring (bicyclic) bond motifs is 1. The average molecular weight is 352 g/mol. The van der Waals surface area contributed by atoms with Gasteiger partial charge in [-0.1, -0.05) is 39.7 Å². The summed E-state index contributed by atoms with van der Waals surface area (Å²) in [6, 6.07) is 9.17. The number of benzene rings is 2. The smallest absolute Gasteiger partial charge is 0.196 e. The van der Waals surface area contributed by atoms with Crippen LogP contribution in [0.15, 0.2) is 34.8 Å². The number of hydrogen-bond acceptors (Lipinski definition) is 2. The van der Waals surface area contributed by atoms with Gasteiger partial charge in [0.15, 0.2) is 5.78 Å². The highest BCUT2D eigenvalue weighted by Gasteiger charge is 2.23. The Hall–Kier alpha value is -1.32. The molecule has 3 rings (SSSR count). The molecule has 20 heavy (non-hydrogen) atoms. The second-order valence-corrected chi connectivity index (χ2v) is 6.16. The standard InChI is InChI=1S/C16H12BrClO2/c1-9-2-3-10(7-14(9)18)15(19)13-8-12(17)6-11-4-5-20-16(11)13/h2-3,6-8H,4-5H2,1H3. The monoisotopic (exact) mass is 350 g/mol. The van der Waals surface area contributed by atoms with E-state index in [1.807, 2.05) is 19.1 Å². The third kappa shape index (κ3) is 2.36. The third-order valence-corrected chi connectivity index (χ3v) is 4.29. The zero-order chi connectivity index (χ0) is 14.3. The Morgan fingerprint density at radius 1 is 1.30 bits per heavy atom. The van der Waals surface area contributed by atoms with Gasteiger partial charge in [0.2, 0.25) is 0 Å². The van der Waals surface area contributed by atoms with Crippen molar-refractivity contribution in [1.82, 2.24) is 0 Å². The van der Waals surface area contributed by atoms with Crippen LogP contribution in [0.1, 0.15) is 27.0 Å². The van der Waals surface area contributed by atoms with Gasteiger partial charge in [0, 0.05) is 21.5 Å². The lowest BCUT2D eigenvalue weighted by Crippen LogP contribution is -2.04. The molecule has 0 spiro atoms. The van der Waals surface area contributed by atoms with Crippen molar-refractivity contribution in [1.29, 1.82) is 0 Å². The van der Waals surface area contributed by atoms with Crippen molar-refractivity contribution < 1.29 is 9.53 Å². The molecule has 0 N–H and O–H groups in total. The molecule has 102 valence electrons. The summed E-state index contributed by atoms with van der Waals surface area (Å²) in [4.78, 5) is 12.7. The van der Waals surface area contributed by atoms with Gasteiger partial charge in [0.05, 0.1) is 12.2 Å². The number of rotatable bonds is 2.